The van der Waals surface area contributed by atoms with Crippen LogP contribution in [0, 0.1) is 5.82 Å². The highest BCUT2D eigenvalue weighted by atomic mass is 19.1. The maximum atomic E-state index is 13.8. The number of halogens is 1. The standard InChI is InChI=1S/C16H23FN2O/c1-2-3-11-19(12-13-7-6-10-18-13)16(20)14-8-4-5-9-15(14)17/h4-5,8-9,13,18H,2-3,6-7,10-12H2,1H3. The van der Waals surface area contributed by atoms with Crippen molar-refractivity contribution in [3.8, 4) is 0 Å². The predicted molar refractivity (Wildman–Crippen MR) is 78.2 cm³/mol. The first-order chi connectivity index (χ1) is 9.72. The average Bonchev–Trinajstić information content (AvgIpc) is 2.96. The lowest BCUT2D eigenvalue weighted by Gasteiger charge is -2.26. The second-order valence-corrected chi connectivity index (χ2v) is 5.38. The molecule has 2 rings (SSSR count). The van der Waals surface area contributed by atoms with Crippen LogP contribution in [0.25, 0.3) is 0 Å². The SMILES string of the molecule is CCCCN(CC1CCCN1)C(=O)c1ccccc1F. The molecule has 0 saturated carbocycles. The van der Waals surface area contributed by atoms with Crippen LogP contribution in [0.2, 0.25) is 0 Å². The second-order valence-electron chi connectivity index (χ2n) is 5.38. The molecule has 0 spiro atoms. The number of carbonyl (C=O) groups is 1. The van der Waals surface area contributed by atoms with Crippen LogP contribution in [0.1, 0.15) is 43.0 Å². The van der Waals surface area contributed by atoms with Crippen molar-refractivity contribution in [1.82, 2.24) is 10.2 Å². The van der Waals surface area contributed by atoms with E-state index >= 15 is 0 Å². The number of hydrogen-bond acceptors (Lipinski definition) is 2. The fourth-order valence-electron chi connectivity index (χ4n) is 2.61. The van der Waals surface area contributed by atoms with Crippen LogP contribution in [0.3, 0.4) is 0 Å². The molecule has 1 fully saturated rings. The minimum atomic E-state index is -0.432. The minimum absolute atomic E-state index is 0.182. The van der Waals surface area contributed by atoms with Crippen molar-refractivity contribution in [3.63, 3.8) is 0 Å². The Bertz CT molecular complexity index is 444. The van der Waals surface area contributed by atoms with E-state index in [9.17, 15) is 9.18 Å². The van der Waals surface area contributed by atoms with Crippen molar-refractivity contribution in [3.05, 3.63) is 35.6 Å². The van der Waals surface area contributed by atoms with Gasteiger partial charge >= 0.3 is 0 Å². The van der Waals surface area contributed by atoms with E-state index in [0.29, 0.717) is 19.1 Å². The Labute approximate surface area is 120 Å². The molecule has 1 aliphatic rings. The smallest absolute Gasteiger partial charge is 0.256 e. The van der Waals surface area contributed by atoms with Gasteiger partial charge in [0, 0.05) is 19.1 Å². The average molecular weight is 278 g/mol. The van der Waals surface area contributed by atoms with Crippen molar-refractivity contribution < 1.29 is 9.18 Å². The third-order valence-corrected chi connectivity index (χ3v) is 3.78. The molecule has 1 heterocycles. The highest BCUT2D eigenvalue weighted by Gasteiger charge is 2.23. The maximum Gasteiger partial charge on any atom is 0.256 e. The summed E-state index contributed by atoms with van der Waals surface area (Å²) >= 11 is 0. The Morgan fingerprint density at radius 3 is 2.90 bits per heavy atom. The molecule has 0 aliphatic carbocycles. The first-order valence-electron chi connectivity index (χ1n) is 7.49. The minimum Gasteiger partial charge on any atom is -0.337 e. The van der Waals surface area contributed by atoms with Gasteiger partial charge in [-0.2, -0.15) is 0 Å². The third kappa shape index (κ3) is 3.79. The summed E-state index contributed by atoms with van der Waals surface area (Å²) in [6.07, 6.45) is 4.22. The number of hydrogen-bond donors (Lipinski definition) is 1. The highest BCUT2D eigenvalue weighted by Crippen LogP contribution is 2.14. The summed E-state index contributed by atoms with van der Waals surface area (Å²) < 4.78 is 13.8. The van der Waals surface area contributed by atoms with Gasteiger partial charge in [-0.15, -0.1) is 0 Å². The summed E-state index contributed by atoms with van der Waals surface area (Å²) in [7, 11) is 0. The Hall–Kier alpha value is -1.42. The van der Waals surface area contributed by atoms with E-state index in [4.69, 9.17) is 0 Å². The Balaban J connectivity index is 2.08. The molecular weight excluding hydrogens is 255 g/mol. The van der Waals surface area contributed by atoms with Crippen LogP contribution >= 0.6 is 0 Å². The third-order valence-electron chi connectivity index (χ3n) is 3.78. The Kier molecular flexibility index (Phi) is 5.53. The van der Waals surface area contributed by atoms with Crippen molar-refractivity contribution in [1.29, 1.82) is 0 Å². The number of nitrogens with zero attached hydrogens (tertiary/aromatic N) is 1. The molecule has 1 unspecified atom stereocenters. The molecule has 1 aromatic carbocycles. The van der Waals surface area contributed by atoms with Gasteiger partial charge in [-0.1, -0.05) is 25.5 Å². The molecular formula is C16H23FN2O. The molecule has 1 atom stereocenters. The van der Waals surface area contributed by atoms with Crippen molar-refractivity contribution in [2.24, 2.45) is 0 Å². The second kappa shape index (κ2) is 7.39. The molecule has 0 aromatic heterocycles. The van der Waals surface area contributed by atoms with Gasteiger partial charge in [0.25, 0.3) is 5.91 Å². The normalized spacial score (nSPS) is 18.2. The van der Waals surface area contributed by atoms with Gasteiger partial charge in [-0.05, 0) is 37.9 Å². The molecule has 1 aliphatic heterocycles. The molecule has 4 heteroatoms. The largest absolute Gasteiger partial charge is 0.337 e. The van der Waals surface area contributed by atoms with Crippen LogP contribution in [0.15, 0.2) is 24.3 Å². The lowest BCUT2D eigenvalue weighted by Crippen LogP contribution is -2.41. The lowest BCUT2D eigenvalue weighted by atomic mass is 10.1. The van der Waals surface area contributed by atoms with Gasteiger partial charge in [-0.3, -0.25) is 4.79 Å². The predicted octanol–water partition coefficient (Wildman–Crippen LogP) is 2.82. The quantitative estimate of drug-likeness (QED) is 0.868. The number of nitrogens with one attached hydrogen (secondary N) is 1. The summed E-state index contributed by atoms with van der Waals surface area (Å²) in [5.41, 5.74) is 0.182. The van der Waals surface area contributed by atoms with Crippen molar-refractivity contribution >= 4 is 5.91 Å². The molecule has 0 radical (unpaired) electrons. The topological polar surface area (TPSA) is 32.3 Å². The Morgan fingerprint density at radius 1 is 1.45 bits per heavy atom. The van der Waals surface area contributed by atoms with E-state index in [0.717, 1.165) is 32.2 Å². The van der Waals surface area contributed by atoms with E-state index in [1.165, 1.54) is 6.07 Å². The van der Waals surface area contributed by atoms with Gasteiger partial charge in [0.15, 0.2) is 0 Å². The summed E-state index contributed by atoms with van der Waals surface area (Å²) in [4.78, 5) is 14.3. The van der Waals surface area contributed by atoms with Gasteiger partial charge in [0.2, 0.25) is 0 Å². The molecule has 110 valence electrons. The van der Waals surface area contributed by atoms with E-state index in [1.54, 1.807) is 23.1 Å². The highest BCUT2D eigenvalue weighted by molar-refractivity contribution is 5.94. The summed E-state index contributed by atoms with van der Waals surface area (Å²) in [6.45, 7) is 4.48. The summed E-state index contributed by atoms with van der Waals surface area (Å²) in [6, 6.07) is 6.59. The van der Waals surface area contributed by atoms with Crippen molar-refractivity contribution in [2.45, 2.75) is 38.6 Å². The summed E-state index contributed by atoms with van der Waals surface area (Å²) in [5.74, 6) is -0.622. The van der Waals surface area contributed by atoms with Gasteiger partial charge in [0.05, 0.1) is 5.56 Å². The fourth-order valence-corrected chi connectivity index (χ4v) is 2.61. The van der Waals surface area contributed by atoms with Crippen LogP contribution in [-0.4, -0.2) is 36.5 Å². The molecule has 20 heavy (non-hydrogen) atoms. The zero-order chi connectivity index (χ0) is 14.4. The molecule has 0 bridgehead atoms. The lowest BCUT2D eigenvalue weighted by molar-refractivity contribution is 0.0735. The van der Waals surface area contributed by atoms with Crippen LogP contribution in [0.4, 0.5) is 4.39 Å². The number of carbonyl (C=O) groups excluding carboxylic acids is 1. The monoisotopic (exact) mass is 278 g/mol. The van der Waals surface area contributed by atoms with Crippen LogP contribution < -0.4 is 5.32 Å². The molecule has 1 amide bonds. The summed E-state index contributed by atoms with van der Waals surface area (Å²) in [5, 5.41) is 3.40. The molecule has 1 saturated heterocycles. The molecule has 1 aromatic rings. The van der Waals surface area contributed by atoms with E-state index in [-0.39, 0.29) is 11.5 Å². The van der Waals surface area contributed by atoms with Crippen molar-refractivity contribution in [2.75, 3.05) is 19.6 Å². The van der Waals surface area contributed by atoms with E-state index in [1.807, 2.05) is 0 Å². The zero-order valence-corrected chi connectivity index (χ0v) is 12.1. The van der Waals surface area contributed by atoms with E-state index < -0.39 is 5.82 Å². The Morgan fingerprint density at radius 2 is 2.25 bits per heavy atom. The first kappa shape index (κ1) is 15.0. The molecule has 3 nitrogen and oxygen atoms in total. The first-order valence-corrected chi connectivity index (χ1v) is 7.49. The number of amides is 1. The number of rotatable bonds is 6. The number of unbranched alkanes of at least 4 members (excludes halogenated alkanes) is 1. The fraction of sp³-hybridized carbons (Fsp3) is 0.562. The van der Waals surface area contributed by atoms with Gasteiger partial charge in [0.1, 0.15) is 5.82 Å². The van der Waals surface area contributed by atoms with Crippen LogP contribution in [-0.2, 0) is 0 Å². The van der Waals surface area contributed by atoms with Gasteiger partial charge < -0.3 is 10.2 Å². The zero-order valence-electron chi connectivity index (χ0n) is 12.1. The number of benzene rings is 1. The van der Waals surface area contributed by atoms with Crippen LogP contribution in [0.5, 0.6) is 0 Å². The maximum absolute atomic E-state index is 13.8. The molecule has 1 N–H and O–H groups in total. The van der Waals surface area contributed by atoms with Gasteiger partial charge in [-0.25, -0.2) is 4.39 Å². The van der Waals surface area contributed by atoms with E-state index in [2.05, 4.69) is 12.2 Å².